The van der Waals surface area contributed by atoms with Crippen molar-refractivity contribution in [1.82, 2.24) is 0 Å². The van der Waals surface area contributed by atoms with Gasteiger partial charge in [0, 0.05) is 0 Å². The molecule has 3 unspecified atom stereocenters. The molecule has 0 rings (SSSR count). The van der Waals surface area contributed by atoms with E-state index in [9.17, 15) is 14.4 Å². The van der Waals surface area contributed by atoms with Crippen molar-refractivity contribution in [3.63, 3.8) is 0 Å². The minimum absolute atomic E-state index is 0.346. The zero-order chi connectivity index (χ0) is 34.3. The normalized spacial score (nSPS) is 13.4. The number of carbonyl (C=O) groups is 3. The molecule has 0 fully saturated rings. The van der Waals surface area contributed by atoms with Crippen LogP contribution in [0.3, 0.4) is 0 Å². The Morgan fingerprint density at radius 2 is 0.652 bits per heavy atom. The van der Waals surface area contributed by atoms with E-state index in [0.29, 0.717) is 55.8 Å². The standard InChI is InChI=1S/3C12H24O2S.Sb/c3*1-2-3-4-5-6-7-8-11(9-10-15)12(13)14;/h3*11,15H,2-10H2,1H3,(H,13,14);/q;;;+3/p-3. The van der Waals surface area contributed by atoms with Crippen molar-refractivity contribution in [2.24, 2.45) is 17.8 Å². The van der Waals surface area contributed by atoms with Crippen molar-refractivity contribution in [3.05, 3.63) is 0 Å². The summed E-state index contributed by atoms with van der Waals surface area (Å²) in [5.41, 5.74) is 0. The fourth-order valence-corrected chi connectivity index (χ4v) is 9.41. The fraction of sp³-hybridized carbons (Fsp3) is 0.917. The van der Waals surface area contributed by atoms with Gasteiger partial charge in [-0.25, -0.2) is 0 Å². The molecule has 0 aliphatic heterocycles. The van der Waals surface area contributed by atoms with E-state index in [1.54, 1.807) is 0 Å². The van der Waals surface area contributed by atoms with Crippen LogP contribution in [0.15, 0.2) is 0 Å². The van der Waals surface area contributed by atoms with Gasteiger partial charge in [-0.3, -0.25) is 0 Å². The molecule has 46 heavy (non-hydrogen) atoms. The third-order valence-corrected chi connectivity index (χ3v) is 12.2. The van der Waals surface area contributed by atoms with E-state index < -0.39 is 39.4 Å². The van der Waals surface area contributed by atoms with Gasteiger partial charge >= 0.3 is 311 Å². The van der Waals surface area contributed by atoms with Crippen LogP contribution >= 0.6 is 37.9 Å². The van der Waals surface area contributed by atoms with Gasteiger partial charge in [0.05, 0.1) is 0 Å². The van der Waals surface area contributed by atoms with Crippen LogP contribution in [-0.4, -0.2) is 56.6 Å². The first-order chi connectivity index (χ1) is 22.4. The van der Waals surface area contributed by atoms with Gasteiger partial charge in [0.1, 0.15) is 0 Å². The van der Waals surface area contributed by atoms with Gasteiger partial charge in [0.25, 0.3) is 0 Å². The zero-order valence-electron chi connectivity index (χ0n) is 29.6. The van der Waals surface area contributed by atoms with Crippen LogP contribution in [0, 0.1) is 17.8 Å². The van der Waals surface area contributed by atoms with Crippen molar-refractivity contribution >= 4 is 77.3 Å². The maximum atomic E-state index is 13.4. The van der Waals surface area contributed by atoms with Crippen LogP contribution < -0.4 is 0 Å². The van der Waals surface area contributed by atoms with Crippen molar-refractivity contribution in [1.29, 1.82) is 0 Å². The Morgan fingerprint density at radius 3 is 0.891 bits per heavy atom. The first kappa shape index (κ1) is 46.3. The van der Waals surface area contributed by atoms with Crippen molar-refractivity contribution < 1.29 is 23.4 Å². The topological polar surface area (TPSA) is 78.9 Å². The van der Waals surface area contributed by atoms with E-state index in [2.05, 4.69) is 58.7 Å². The molecule has 0 aromatic rings. The number of rotatable bonds is 33. The van der Waals surface area contributed by atoms with E-state index in [0.717, 1.165) is 57.8 Å². The van der Waals surface area contributed by atoms with Crippen LogP contribution in [-0.2, 0) is 23.4 Å². The summed E-state index contributed by atoms with van der Waals surface area (Å²) < 4.78 is 17.7. The van der Waals surface area contributed by atoms with Crippen LogP contribution in [0.25, 0.3) is 0 Å². The Morgan fingerprint density at radius 1 is 0.413 bits per heavy atom. The average molecular weight is 816 g/mol. The number of hydrogen-bond acceptors (Lipinski definition) is 9. The van der Waals surface area contributed by atoms with Gasteiger partial charge in [0.15, 0.2) is 0 Å². The van der Waals surface area contributed by atoms with E-state index in [1.807, 2.05) is 0 Å². The quantitative estimate of drug-likeness (QED) is 0.0348. The van der Waals surface area contributed by atoms with Gasteiger partial charge in [-0.1, -0.05) is 0 Å². The van der Waals surface area contributed by atoms with E-state index >= 15 is 0 Å². The summed E-state index contributed by atoms with van der Waals surface area (Å²) in [6.45, 7) is 6.60. The molecule has 0 radical (unpaired) electrons. The molecule has 0 N–H and O–H groups in total. The molecule has 272 valence electrons. The van der Waals surface area contributed by atoms with Crippen molar-refractivity contribution in [3.8, 4) is 0 Å². The molecule has 0 saturated heterocycles. The third-order valence-electron chi connectivity index (χ3n) is 8.64. The Hall–Kier alpha value is 0.278. The minimum atomic E-state index is -4.00. The summed E-state index contributed by atoms with van der Waals surface area (Å²) in [5.74, 6) is -0.647. The predicted octanol–water partition coefficient (Wildman–Crippen LogP) is 10.7. The molecule has 0 amide bonds. The van der Waals surface area contributed by atoms with Gasteiger partial charge < -0.3 is 0 Å². The molecule has 0 spiro atoms. The Labute approximate surface area is 308 Å². The molecule has 0 aromatic heterocycles. The Bertz CT molecular complexity index is 649. The summed E-state index contributed by atoms with van der Waals surface area (Å²) in [7, 11) is 0. The molecule has 0 heterocycles. The molecular formula is C36H69O6S3Sb. The van der Waals surface area contributed by atoms with Crippen LogP contribution in [0.2, 0.25) is 0 Å². The van der Waals surface area contributed by atoms with E-state index in [-0.39, 0.29) is 17.8 Å². The van der Waals surface area contributed by atoms with E-state index in [1.165, 1.54) is 57.8 Å². The van der Waals surface area contributed by atoms with Crippen LogP contribution in [0.5, 0.6) is 0 Å². The molecule has 0 saturated carbocycles. The fourth-order valence-electron chi connectivity index (χ4n) is 5.62. The van der Waals surface area contributed by atoms with Crippen molar-refractivity contribution in [2.45, 2.75) is 175 Å². The molecular weight excluding hydrogens is 746 g/mol. The first-order valence-electron chi connectivity index (χ1n) is 18.7. The monoisotopic (exact) mass is 814 g/mol. The van der Waals surface area contributed by atoms with Crippen LogP contribution in [0.1, 0.15) is 175 Å². The molecule has 10 heteroatoms. The summed E-state index contributed by atoms with van der Waals surface area (Å²) in [4.78, 5) is 40.3. The predicted molar refractivity (Wildman–Crippen MR) is 204 cm³/mol. The summed E-state index contributed by atoms with van der Waals surface area (Å²) in [6.07, 6.45) is 24.2. The number of carbonyl (C=O) groups excluding carboxylic acids is 3. The molecule has 0 aromatic carbocycles. The summed E-state index contributed by atoms with van der Waals surface area (Å²) in [6, 6.07) is 0. The van der Waals surface area contributed by atoms with E-state index in [4.69, 9.17) is 9.05 Å². The maximum absolute atomic E-state index is 13.4. The molecule has 0 aliphatic rings. The SMILES string of the molecule is CCCCCCCCC(CCS)C(=O)[O][Sb]([O]C(=O)C(CCS)CCCCCCCC)[O]C(=O)C(CCS)CCCCCCCC. The molecule has 3 atom stereocenters. The third kappa shape index (κ3) is 25.3. The second kappa shape index (κ2) is 33.8. The average Bonchev–Trinajstić information content (AvgIpc) is 3.04. The van der Waals surface area contributed by atoms with Crippen LogP contribution in [0.4, 0.5) is 0 Å². The molecule has 0 bridgehead atoms. The second-order valence-corrected chi connectivity index (χ2v) is 16.9. The summed E-state index contributed by atoms with van der Waals surface area (Å²) in [5, 5.41) is 0. The van der Waals surface area contributed by atoms with Gasteiger partial charge in [-0.2, -0.15) is 0 Å². The van der Waals surface area contributed by atoms with Crippen molar-refractivity contribution in [2.75, 3.05) is 17.3 Å². The Balaban J connectivity index is 5.57. The Kier molecular flexibility index (Phi) is 34.0. The van der Waals surface area contributed by atoms with Gasteiger partial charge in [-0.15, -0.1) is 0 Å². The molecule has 6 nitrogen and oxygen atoms in total. The zero-order valence-corrected chi connectivity index (χ0v) is 34.8. The van der Waals surface area contributed by atoms with Gasteiger partial charge in [0.2, 0.25) is 0 Å². The number of thiol groups is 3. The first-order valence-corrected chi connectivity index (χ1v) is 23.7. The number of hydrogen-bond donors (Lipinski definition) is 3. The van der Waals surface area contributed by atoms with Gasteiger partial charge in [-0.05, 0) is 0 Å². The second-order valence-electron chi connectivity index (χ2n) is 12.8. The number of unbranched alkanes of at least 4 members (excludes halogenated alkanes) is 15. The molecule has 0 aliphatic carbocycles. The summed E-state index contributed by atoms with van der Waals surface area (Å²) >= 11 is 9.16.